The molecule has 5 rings (SSSR count). The average molecular weight is 432 g/mol. The predicted molar refractivity (Wildman–Crippen MR) is 108 cm³/mol. The largest absolute Gasteiger partial charge is 0.420 e. The van der Waals surface area contributed by atoms with Gasteiger partial charge in [-0.2, -0.15) is 13.2 Å². The highest BCUT2D eigenvalue weighted by atomic mass is 19.4. The predicted octanol–water partition coefficient (Wildman–Crippen LogP) is 4.16. The summed E-state index contributed by atoms with van der Waals surface area (Å²) in [6, 6.07) is 8.11. The van der Waals surface area contributed by atoms with Crippen LogP contribution in [0.25, 0.3) is 5.65 Å². The monoisotopic (exact) mass is 432 g/mol. The van der Waals surface area contributed by atoms with Crippen LogP contribution < -0.4 is 4.90 Å². The van der Waals surface area contributed by atoms with Crippen molar-refractivity contribution in [3.63, 3.8) is 0 Å². The molecule has 164 valence electrons. The van der Waals surface area contributed by atoms with Gasteiger partial charge in [-0.15, -0.1) is 10.2 Å². The van der Waals surface area contributed by atoms with Gasteiger partial charge in [0, 0.05) is 45.3 Å². The van der Waals surface area contributed by atoms with Crippen molar-refractivity contribution < 1.29 is 17.6 Å². The molecule has 5 nitrogen and oxygen atoms in total. The highest BCUT2D eigenvalue weighted by molar-refractivity contribution is 5.54. The quantitative estimate of drug-likeness (QED) is 0.568. The number of pyridine rings is 1. The van der Waals surface area contributed by atoms with Crippen LogP contribution in [0.3, 0.4) is 0 Å². The number of alkyl halides is 3. The maximum absolute atomic E-state index is 14.0. The van der Waals surface area contributed by atoms with Crippen LogP contribution >= 0.6 is 0 Å². The molecule has 0 unspecified atom stereocenters. The number of piperazine rings is 1. The van der Waals surface area contributed by atoms with E-state index in [1.807, 2.05) is 9.80 Å². The molecule has 9 heteroatoms. The van der Waals surface area contributed by atoms with Crippen molar-refractivity contribution in [3.8, 4) is 0 Å². The lowest BCUT2D eigenvalue weighted by atomic mass is 10.1. The zero-order valence-corrected chi connectivity index (χ0v) is 16.9. The second-order valence-corrected chi connectivity index (χ2v) is 8.39. The van der Waals surface area contributed by atoms with E-state index in [9.17, 15) is 17.6 Å². The summed E-state index contributed by atoms with van der Waals surface area (Å²) in [5.74, 6) is 0.815. The molecule has 3 aromatic rings. The first-order valence-corrected chi connectivity index (χ1v) is 10.5. The molecule has 2 aliphatic rings. The molecule has 31 heavy (non-hydrogen) atoms. The van der Waals surface area contributed by atoms with Crippen LogP contribution in [0.1, 0.15) is 29.8 Å². The van der Waals surface area contributed by atoms with E-state index in [0.29, 0.717) is 50.0 Å². The Kier molecular flexibility index (Phi) is 5.08. The number of benzene rings is 1. The van der Waals surface area contributed by atoms with Crippen LogP contribution in [0.5, 0.6) is 0 Å². The number of hydrogen-bond acceptors (Lipinski definition) is 4. The third-order valence-electron chi connectivity index (χ3n) is 6.15. The van der Waals surface area contributed by atoms with E-state index in [1.54, 1.807) is 30.5 Å². The minimum absolute atomic E-state index is 0.120. The van der Waals surface area contributed by atoms with Gasteiger partial charge in [0.2, 0.25) is 0 Å². The van der Waals surface area contributed by atoms with Crippen LogP contribution in [0, 0.1) is 11.7 Å². The molecule has 0 N–H and O–H groups in total. The summed E-state index contributed by atoms with van der Waals surface area (Å²) in [6.45, 7) is 2.39. The fraction of sp³-hybridized carbons (Fsp3) is 0.455. The van der Waals surface area contributed by atoms with Gasteiger partial charge in [-0.1, -0.05) is 12.1 Å². The van der Waals surface area contributed by atoms with E-state index < -0.39 is 11.7 Å². The maximum Gasteiger partial charge on any atom is 0.420 e. The Hall–Kier alpha value is -2.68. The van der Waals surface area contributed by atoms with Crippen molar-refractivity contribution in [3.05, 3.63) is 59.3 Å². The summed E-state index contributed by atoms with van der Waals surface area (Å²) >= 11 is 0. The molecular weight excluding hydrogens is 409 g/mol. The third kappa shape index (κ3) is 4.11. The Morgan fingerprint density at radius 2 is 1.71 bits per heavy atom. The summed E-state index contributed by atoms with van der Waals surface area (Å²) in [5.41, 5.74) is -0.0948. The third-order valence-corrected chi connectivity index (χ3v) is 6.15. The van der Waals surface area contributed by atoms with Crippen molar-refractivity contribution in [1.82, 2.24) is 19.5 Å². The van der Waals surface area contributed by atoms with Gasteiger partial charge < -0.3 is 4.90 Å². The number of para-hydroxylation sites is 1. The molecule has 0 bridgehead atoms. The van der Waals surface area contributed by atoms with E-state index in [-0.39, 0.29) is 23.6 Å². The lowest BCUT2D eigenvalue weighted by molar-refractivity contribution is -0.137. The van der Waals surface area contributed by atoms with Gasteiger partial charge in [0.05, 0.1) is 5.69 Å². The number of rotatable bonds is 5. The smallest absolute Gasteiger partial charge is 0.367 e. The standard InChI is InChI=1S/C22H23F4N5/c23-17-3-1-2-4-18(17)30-11-9-29(10-12-30)14-16-7-8-31-19(13-15-5-6-15)27-28-21(31)20(16)22(24,25)26/h1-4,7-8,15H,5-6,9-14H2/i23-1. The van der Waals surface area contributed by atoms with Crippen molar-refractivity contribution in [2.24, 2.45) is 5.92 Å². The molecule has 1 saturated heterocycles. The summed E-state index contributed by atoms with van der Waals surface area (Å²) in [6.07, 6.45) is -0.00425. The Labute approximate surface area is 177 Å². The second kappa shape index (κ2) is 7.78. The topological polar surface area (TPSA) is 36.7 Å². The van der Waals surface area contributed by atoms with E-state index in [0.717, 1.165) is 12.8 Å². The highest BCUT2D eigenvalue weighted by Crippen LogP contribution is 2.37. The number of hydrogen-bond donors (Lipinski definition) is 0. The number of aromatic nitrogens is 3. The number of fused-ring (bicyclic) bond motifs is 1. The molecule has 0 radical (unpaired) electrons. The minimum Gasteiger partial charge on any atom is -0.367 e. The van der Waals surface area contributed by atoms with Gasteiger partial charge in [-0.05, 0) is 42.5 Å². The zero-order valence-electron chi connectivity index (χ0n) is 16.9. The number of anilines is 1. The molecule has 0 amide bonds. The zero-order chi connectivity index (χ0) is 21.6. The first-order valence-electron chi connectivity index (χ1n) is 10.5. The molecule has 1 aliphatic carbocycles. The average Bonchev–Trinajstić information content (AvgIpc) is 3.47. The minimum atomic E-state index is -4.52. The summed E-state index contributed by atoms with van der Waals surface area (Å²) < 4.78 is 57.5. The first-order chi connectivity index (χ1) is 14.9. The Balaban J connectivity index is 1.36. The Morgan fingerprint density at radius 3 is 2.39 bits per heavy atom. The van der Waals surface area contributed by atoms with Gasteiger partial charge >= 0.3 is 6.18 Å². The van der Waals surface area contributed by atoms with Gasteiger partial charge in [0.1, 0.15) is 17.2 Å². The molecule has 1 aromatic carbocycles. The van der Waals surface area contributed by atoms with Gasteiger partial charge in [0.15, 0.2) is 5.65 Å². The molecular formula is C22H23F4N5. The van der Waals surface area contributed by atoms with Crippen molar-refractivity contribution in [1.29, 1.82) is 0 Å². The molecule has 2 aromatic heterocycles. The molecule has 1 saturated carbocycles. The van der Waals surface area contributed by atoms with Crippen molar-refractivity contribution in [2.45, 2.75) is 32.0 Å². The summed E-state index contributed by atoms with van der Waals surface area (Å²) in [5, 5.41) is 7.95. The van der Waals surface area contributed by atoms with Crippen LogP contribution in [-0.2, 0) is 19.1 Å². The Bertz CT molecular complexity index is 1080. The number of nitrogens with zero attached hydrogens (tertiary/aromatic N) is 5. The molecule has 0 spiro atoms. The highest BCUT2D eigenvalue weighted by Gasteiger charge is 2.38. The molecule has 3 heterocycles. The van der Waals surface area contributed by atoms with E-state index >= 15 is 0 Å². The van der Waals surface area contributed by atoms with Gasteiger partial charge in [-0.3, -0.25) is 9.30 Å². The lowest BCUT2D eigenvalue weighted by Crippen LogP contribution is -2.46. The summed E-state index contributed by atoms with van der Waals surface area (Å²) in [4.78, 5) is 3.91. The normalized spacial score (nSPS) is 18.1. The fourth-order valence-electron chi connectivity index (χ4n) is 4.30. The van der Waals surface area contributed by atoms with Gasteiger partial charge in [-0.25, -0.2) is 4.39 Å². The SMILES string of the molecule is FC(F)(F)c1c(CN2CCN(c3ccccc3[18F])CC2)ccn2c(CC3CC3)nnc12. The van der Waals surface area contributed by atoms with Crippen LogP contribution in [0.4, 0.5) is 23.2 Å². The second-order valence-electron chi connectivity index (χ2n) is 8.39. The maximum atomic E-state index is 14.0. The van der Waals surface area contributed by atoms with Gasteiger partial charge in [0.25, 0.3) is 0 Å². The van der Waals surface area contributed by atoms with Crippen LogP contribution in [0.2, 0.25) is 0 Å². The fourth-order valence-corrected chi connectivity index (χ4v) is 4.30. The first kappa shape index (κ1) is 20.2. The number of halogens is 4. The van der Waals surface area contributed by atoms with Crippen molar-refractivity contribution in [2.75, 3.05) is 31.1 Å². The summed E-state index contributed by atoms with van der Waals surface area (Å²) in [7, 11) is 0. The lowest BCUT2D eigenvalue weighted by Gasteiger charge is -2.36. The molecule has 1 aliphatic heterocycles. The molecule has 0 atom stereocenters. The van der Waals surface area contributed by atoms with Crippen LogP contribution in [-0.4, -0.2) is 45.7 Å². The van der Waals surface area contributed by atoms with Crippen LogP contribution in [0.15, 0.2) is 36.5 Å². The Morgan fingerprint density at radius 1 is 0.968 bits per heavy atom. The van der Waals surface area contributed by atoms with E-state index in [2.05, 4.69) is 10.2 Å². The van der Waals surface area contributed by atoms with Crippen molar-refractivity contribution >= 4 is 11.3 Å². The van der Waals surface area contributed by atoms with E-state index in [1.165, 1.54) is 10.5 Å². The molecule has 2 fully saturated rings. The van der Waals surface area contributed by atoms with E-state index in [4.69, 9.17) is 0 Å².